The zero-order valence-electron chi connectivity index (χ0n) is 12.1. The van der Waals surface area contributed by atoms with Gasteiger partial charge in [-0.15, -0.1) is 0 Å². The summed E-state index contributed by atoms with van der Waals surface area (Å²) in [7, 11) is 0. The van der Waals surface area contributed by atoms with Crippen molar-refractivity contribution in [2.24, 2.45) is 11.1 Å². The first-order valence-electron chi connectivity index (χ1n) is 6.76. The third-order valence-corrected chi connectivity index (χ3v) is 3.40. The van der Waals surface area contributed by atoms with Crippen LogP contribution in [-0.4, -0.2) is 9.55 Å². The molecule has 19 heavy (non-hydrogen) atoms. The Morgan fingerprint density at radius 1 is 1.37 bits per heavy atom. The van der Waals surface area contributed by atoms with E-state index in [1.54, 1.807) is 6.07 Å². The Hall–Kier alpha value is -1.42. The second kappa shape index (κ2) is 4.93. The van der Waals surface area contributed by atoms with Crippen LogP contribution in [0.15, 0.2) is 18.2 Å². The molecular weight excluding hydrogens is 241 g/mol. The fourth-order valence-corrected chi connectivity index (χ4v) is 2.20. The second-order valence-corrected chi connectivity index (χ2v) is 6.10. The van der Waals surface area contributed by atoms with Gasteiger partial charge in [0.1, 0.15) is 11.6 Å². The number of fused-ring (bicyclic) bond motifs is 1. The molecule has 104 valence electrons. The van der Waals surface area contributed by atoms with Gasteiger partial charge in [0.05, 0.1) is 17.1 Å². The van der Waals surface area contributed by atoms with E-state index in [4.69, 9.17) is 5.73 Å². The lowest BCUT2D eigenvalue weighted by atomic mass is 9.87. The van der Waals surface area contributed by atoms with Crippen molar-refractivity contribution in [3.8, 4) is 0 Å². The highest BCUT2D eigenvalue weighted by molar-refractivity contribution is 5.76. The van der Waals surface area contributed by atoms with Gasteiger partial charge in [-0.25, -0.2) is 9.37 Å². The van der Waals surface area contributed by atoms with Gasteiger partial charge >= 0.3 is 0 Å². The van der Waals surface area contributed by atoms with Crippen LogP contribution in [0.25, 0.3) is 11.0 Å². The summed E-state index contributed by atoms with van der Waals surface area (Å²) in [4.78, 5) is 4.56. The molecule has 2 aromatic rings. The van der Waals surface area contributed by atoms with E-state index in [0.29, 0.717) is 5.52 Å². The van der Waals surface area contributed by atoms with Gasteiger partial charge in [-0.1, -0.05) is 27.7 Å². The van der Waals surface area contributed by atoms with Crippen LogP contribution < -0.4 is 5.73 Å². The van der Waals surface area contributed by atoms with Crippen molar-refractivity contribution < 1.29 is 4.39 Å². The molecule has 0 saturated heterocycles. The summed E-state index contributed by atoms with van der Waals surface area (Å²) in [6.07, 6.45) is 0.993. The number of nitrogens with two attached hydrogens (primary N) is 1. The molecule has 2 rings (SSSR count). The largest absolute Gasteiger partial charge is 0.327 e. The van der Waals surface area contributed by atoms with Crippen LogP contribution in [0.3, 0.4) is 0 Å². The smallest absolute Gasteiger partial charge is 0.127 e. The molecule has 0 radical (unpaired) electrons. The lowest BCUT2D eigenvalue weighted by Crippen LogP contribution is -2.29. The minimum atomic E-state index is -0.260. The Labute approximate surface area is 113 Å². The highest BCUT2D eigenvalue weighted by Gasteiger charge is 2.27. The lowest BCUT2D eigenvalue weighted by molar-refractivity contribution is 0.308. The quantitative estimate of drug-likeness (QED) is 0.919. The van der Waals surface area contributed by atoms with E-state index in [1.165, 1.54) is 12.1 Å². The predicted octanol–water partition coefficient (Wildman–Crippen LogP) is 3.63. The zero-order chi connectivity index (χ0) is 14.2. The first kappa shape index (κ1) is 14.0. The first-order chi connectivity index (χ1) is 8.84. The van der Waals surface area contributed by atoms with E-state index in [0.717, 1.165) is 24.3 Å². The van der Waals surface area contributed by atoms with Crippen LogP contribution in [0, 0.1) is 11.2 Å². The maximum atomic E-state index is 13.3. The van der Waals surface area contributed by atoms with Crippen LogP contribution in [0.4, 0.5) is 4.39 Å². The molecule has 0 amide bonds. The molecule has 0 bridgehead atoms. The average molecular weight is 263 g/mol. The van der Waals surface area contributed by atoms with Crippen LogP contribution in [0.1, 0.15) is 46.0 Å². The summed E-state index contributed by atoms with van der Waals surface area (Å²) < 4.78 is 15.4. The Balaban J connectivity index is 2.62. The molecule has 0 aliphatic heterocycles. The summed E-state index contributed by atoms with van der Waals surface area (Å²) in [5, 5.41) is 0. The predicted molar refractivity (Wildman–Crippen MR) is 76.4 cm³/mol. The van der Waals surface area contributed by atoms with Crippen molar-refractivity contribution in [1.82, 2.24) is 9.55 Å². The van der Waals surface area contributed by atoms with Crippen molar-refractivity contribution in [2.45, 2.75) is 46.7 Å². The average Bonchev–Trinajstić information content (AvgIpc) is 2.65. The van der Waals surface area contributed by atoms with Gasteiger partial charge in [0.15, 0.2) is 0 Å². The number of rotatable bonds is 3. The third kappa shape index (κ3) is 2.63. The molecule has 0 aliphatic carbocycles. The summed E-state index contributed by atoms with van der Waals surface area (Å²) in [5.41, 5.74) is 7.89. The Kier molecular flexibility index (Phi) is 3.63. The molecule has 4 heteroatoms. The summed E-state index contributed by atoms with van der Waals surface area (Å²) in [6.45, 7) is 9.23. The first-order valence-corrected chi connectivity index (χ1v) is 6.76. The SMILES string of the molecule is CCCn1c(C(N)C(C)(C)C)nc2cc(F)ccc21. The van der Waals surface area contributed by atoms with E-state index in [2.05, 4.69) is 37.2 Å². The molecule has 3 nitrogen and oxygen atoms in total. The van der Waals surface area contributed by atoms with Crippen LogP contribution in [-0.2, 0) is 6.54 Å². The van der Waals surface area contributed by atoms with E-state index < -0.39 is 0 Å². The summed E-state index contributed by atoms with van der Waals surface area (Å²) in [5.74, 6) is 0.583. The molecule has 0 saturated carbocycles. The van der Waals surface area contributed by atoms with Crippen molar-refractivity contribution >= 4 is 11.0 Å². The number of aryl methyl sites for hydroxylation is 1. The van der Waals surface area contributed by atoms with Crippen molar-refractivity contribution in [2.75, 3.05) is 0 Å². The molecule has 1 heterocycles. The summed E-state index contributed by atoms with van der Waals surface area (Å²) in [6, 6.07) is 4.56. The van der Waals surface area contributed by atoms with Gasteiger partial charge in [0.25, 0.3) is 0 Å². The number of halogens is 1. The zero-order valence-corrected chi connectivity index (χ0v) is 12.1. The number of aromatic nitrogens is 2. The van der Waals surface area contributed by atoms with Crippen molar-refractivity contribution in [3.05, 3.63) is 29.8 Å². The Morgan fingerprint density at radius 3 is 2.63 bits per heavy atom. The van der Waals surface area contributed by atoms with E-state index in [9.17, 15) is 4.39 Å². The lowest BCUT2D eigenvalue weighted by Gasteiger charge is -2.27. The number of nitrogens with zero attached hydrogens (tertiary/aromatic N) is 2. The molecule has 2 N–H and O–H groups in total. The van der Waals surface area contributed by atoms with Crippen LogP contribution in [0.5, 0.6) is 0 Å². The Morgan fingerprint density at radius 2 is 2.05 bits per heavy atom. The standard InChI is InChI=1S/C15H22FN3/c1-5-8-19-12-7-6-10(16)9-11(12)18-14(19)13(17)15(2,3)4/h6-7,9,13H,5,8,17H2,1-4H3. The topological polar surface area (TPSA) is 43.8 Å². The van der Waals surface area contributed by atoms with Gasteiger partial charge in [-0.05, 0) is 24.0 Å². The number of benzene rings is 1. The maximum absolute atomic E-state index is 13.3. The monoisotopic (exact) mass is 263 g/mol. The minimum absolute atomic E-state index is 0.0780. The number of imidazole rings is 1. The normalized spacial score (nSPS) is 14.0. The molecule has 1 aromatic carbocycles. The second-order valence-electron chi connectivity index (χ2n) is 6.10. The number of hydrogen-bond donors (Lipinski definition) is 1. The molecule has 0 spiro atoms. The molecule has 0 aliphatic rings. The van der Waals surface area contributed by atoms with Crippen LogP contribution >= 0.6 is 0 Å². The van der Waals surface area contributed by atoms with Crippen molar-refractivity contribution in [1.29, 1.82) is 0 Å². The van der Waals surface area contributed by atoms with Gasteiger partial charge in [0, 0.05) is 12.6 Å². The summed E-state index contributed by atoms with van der Waals surface area (Å²) >= 11 is 0. The molecule has 1 aromatic heterocycles. The molecule has 1 atom stereocenters. The van der Waals surface area contributed by atoms with Gasteiger partial charge < -0.3 is 10.3 Å². The molecule has 0 fully saturated rings. The molecular formula is C15H22FN3. The maximum Gasteiger partial charge on any atom is 0.127 e. The van der Waals surface area contributed by atoms with Gasteiger partial charge in [0.2, 0.25) is 0 Å². The van der Waals surface area contributed by atoms with Crippen molar-refractivity contribution in [3.63, 3.8) is 0 Å². The number of hydrogen-bond acceptors (Lipinski definition) is 2. The Bertz CT molecular complexity index is 581. The third-order valence-electron chi connectivity index (χ3n) is 3.40. The van der Waals surface area contributed by atoms with Crippen LogP contribution in [0.2, 0.25) is 0 Å². The van der Waals surface area contributed by atoms with E-state index in [-0.39, 0.29) is 17.3 Å². The van der Waals surface area contributed by atoms with E-state index in [1.807, 2.05) is 0 Å². The fraction of sp³-hybridized carbons (Fsp3) is 0.533. The highest BCUT2D eigenvalue weighted by atomic mass is 19.1. The molecule has 1 unspecified atom stereocenters. The van der Waals surface area contributed by atoms with Gasteiger partial charge in [-0.2, -0.15) is 0 Å². The minimum Gasteiger partial charge on any atom is -0.327 e. The highest BCUT2D eigenvalue weighted by Crippen LogP contribution is 2.32. The van der Waals surface area contributed by atoms with E-state index >= 15 is 0 Å². The fourth-order valence-electron chi connectivity index (χ4n) is 2.20. The van der Waals surface area contributed by atoms with Gasteiger partial charge in [-0.3, -0.25) is 0 Å².